The third-order valence-electron chi connectivity index (χ3n) is 4.26. The topological polar surface area (TPSA) is 71.5 Å². The zero-order chi connectivity index (χ0) is 15.4. The fourth-order valence-electron chi connectivity index (χ4n) is 2.98. The normalized spacial score (nSPS) is 22.5. The summed E-state index contributed by atoms with van der Waals surface area (Å²) in [6.45, 7) is 1.99. The Kier molecular flexibility index (Phi) is 4.68. The van der Waals surface area contributed by atoms with Crippen molar-refractivity contribution in [3.05, 3.63) is 30.1 Å². The van der Waals surface area contributed by atoms with Crippen molar-refractivity contribution in [1.29, 1.82) is 0 Å². The molecule has 3 rings (SSSR count). The van der Waals surface area contributed by atoms with E-state index in [2.05, 4.69) is 10.3 Å². The summed E-state index contributed by atoms with van der Waals surface area (Å²) in [6, 6.07) is 3.68. The fraction of sp³-hybridized carbons (Fsp3) is 0.562. The van der Waals surface area contributed by atoms with E-state index in [1.807, 2.05) is 4.90 Å². The van der Waals surface area contributed by atoms with Gasteiger partial charge >= 0.3 is 0 Å². The van der Waals surface area contributed by atoms with Gasteiger partial charge in [0, 0.05) is 38.1 Å². The summed E-state index contributed by atoms with van der Waals surface area (Å²) in [5.41, 5.74) is 0.615. The minimum atomic E-state index is -0.282. The third-order valence-corrected chi connectivity index (χ3v) is 4.26. The Balaban J connectivity index is 1.48. The summed E-state index contributed by atoms with van der Waals surface area (Å²) < 4.78 is 5.39. The SMILES string of the molecule is O=C(NC1CCN(C(=O)c2cccnc2)CC1)C1CCCO1. The van der Waals surface area contributed by atoms with Crippen molar-refractivity contribution in [3.8, 4) is 0 Å². The Hall–Kier alpha value is -1.95. The van der Waals surface area contributed by atoms with Crippen LogP contribution in [0.2, 0.25) is 0 Å². The lowest BCUT2D eigenvalue weighted by atomic mass is 10.0. The Morgan fingerprint density at radius 2 is 2.09 bits per heavy atom. The molecule has 6 heteroatoms. The van der Waals surface area contributed by atoms with Gasteiger partial charge in [-0.3, -0.25) is 14.6 Å². The molecule has 2 fully saturated rings. The molecule has 1 unspecified atom stereocenters. The van der Waals surface area contributed by atoms with Gasteiger partial charge in [0.25, 0.3) is 5.91 Å². The summed E-state index contributed by atoms with van der Waals surface area (Å²) in [4.78, 5) is 30.1. The van der Waals surface area contributed by atoms with Crippen molar-refractivity contribution in [2.75, 3.05) is 19.7 Å². The number of nitrogens with zero attached hydrogens (tertiary/aromatic N) is 2. The van der Waals surface area contributed by atoms with E-state index in [0.29, 0.717) is 25.3 Å². The monoisotopic (exact) mass is 303 g/mol. The lowest BCUT2D eigenvalue weighted by Crippen LogP contribution is -2.48. The van der Waals surface area contributed by atoms with Crippen LogP contribution in [0.15, 0.2) is 24.5 Å². The number of rotatable bonds is 3. The number of aromatic nitrogens is 1. The van der Waals surface area contributed by atoms with Crippen molar-refractivity contribution in [1.82, 2.24) is 15.2 Å². The number of carbonyl (C=O) groups excluding carboxylic acids is 2. The van der Waals surface area contributed by atoms with Crippen molar-refractivity contribution in [2.24, 2.45) is 0 Å². The van der Waals surface area contributed by atoms with Crippen LogP contribution in [0.4, 0.5) is 0 Å². The molecule has 0 aliphatic carbocycles. The Morgan fingerprint density at radius 1 is 1.27 bits per heavy atom. The van der Waals surface area contributed by atoms with Gasteiger partial charge < -0.3 is 15.0 Å². The maximum absolute atomic E-state index is 12.3. The molecule has 0 aromatic carbocycles. The number of hydrogen-bond donors (Lipinski definition) is 1. The van der Waals surface area contributed by atoms with Gasteiger partial charge in [0.15, 0.2) is 0 Å². The van der Waals surface area contributed by atoms with E-state index in [9.17, 15) is 9.59 Å². The van der Waals surface area contributed by atoms with E-state index in [4.69, 9.17) is 4.74 Å². The van der Waals surface area contributed by atoms with Crippen LogP contribution in [-0.4, -0.2) is 53.5 Å². The minimum Gasteiger partial charge on any atom is -0.368 e. The molecule has 0 spiro atoms. The number of nitrogens with one attached hydrogen (secondary N) is 1. The first kappa shape index (κ1) is 15.0. The van der Waals surface area contributed by atoms with Crippen LogP contribution in [0.5, 0.6) is 0 Å². The van der Waals surface area contributed by atoms with Gasteiger partial charge in [0.05, 0.1) is 5.56 Å². The Morgan fingerprint density at radius 3 is 2.73 bits per heavy atom. The fourth-order valence-corrected chi connectivity index (χ4v) is 2.98. The molecule has 1 aromatic rings. The van der Waals surface area contributed by atoms with Gasteiger partial charge in [-0.1, -0.05) is 0 Å². The second kappa shape index (κ2) is 6.87. The summed E-state index contributed by atoms with van der Waals surface area (Å²) >= 11 is 0. The van der Waals surface area contributed by atoms with E-state index in [1.165, 1.54) is 0 Å². The molecule has 1 atom stereocenters. The number of piperidine rings is 1. The molecule has 6 nitrogen and oxygen atoms in total. The maximum atomic E-state index is 12.3. The molecular weight excluding hydrogens is 282 g/mol. The van der Waals surface area contributed by atoms with Gasteiger partial charge in [-0.25, -0.2) is 0 Å². The highest BCUT2D eigenvalue weighted by Gasteiger charge is 2.28. The molecule has 2 saturated heterocycles. The van der Waals surface area contributed by atoms with Gasteiger partial charge in [-0.05, 0) is 37.8 Å². The van der Waals surface area contributed by atoms with Gasteiger partial charge in [0.1, 0.15) is 6.10 Å². The molecule has 1 aromatic heterocycles. The lowest BCUT2D eigenvalue weighted by molar-refractivity contribution is -0.131. The average molecular weight is 303 g/mol. The number of likely N-dealkylation sites (tertiary alicyclic amines) is 1. The zero-order valence-corrected chi connectivity index (χ0v) is 12.5. The summed E-state index contributed by atoms with van der Waals surface area (Å²) in [5.74, 6) is 0.00605. The third kappa shape index (κ3) is 3.44. The zero-order valence-electron chi connectivity index (χ0n) is 12.5. The van der Waals surface area contributed by atoms with Crippen molar-refractivity contribution >= 4 is 11.8 Å². The first-order valence-corrected chi connectivity index (χ1v) is 7.85. The molecule has 1 N–H and O–H groups in total. The second-order valence-electron chi connectivity index (χ2n) is 5.82. The number of ether oxygens (including phenoxy) is 1. The van der Waals surface area contributed by atoms with Crippen LogP contribution in [0.25, 0.3) is 0 Å². The minimum absolute atomic E-state index is 0.00506. The predicted molar refractivity (Wildman–Crippen MR) is 80.3 cm³/mol. The molecule has 22 heavy (non-hydrogen) atoms. The summed E-state index contributed by atoms with van der Waals surface area (Å²) in [5, 5.41) is 3.05. The Labute approximate surface area is 129 Å². The van der Waals surface area contributed by atoms with Crippen LogP contribution >= 0.6 is 0 Å². The molecule has 3 heterocycles. The quantitative estimate of drug-likeness (QED) is 0.903. The first-order chi connectivity index (χ1) is 10.7. The highest BCUT2D eigenvalue weighted by molar-refractivity contribution is 5.93. The van der Waals surface area contributed by atoms with Crippen LogP contribution in [-0.2, 0) is 9.53 Å². The molecule has 2 aliphatic rings. The molecule has 118 valence electrons. The van der Waals surface area contributed by atoms with Crippen LogP contribution < -0.4 is 5.32 Å². The second-order valence-corrected chi connectivity index (χ2v) is 5.82. The molecule has 0 bridgehead atoms. The lowest BCUT2D eigenvalue weighted by Gasteiger charge is -2.32. The highest BCUT2D eigenvalue weighted by Crippen LogP contribution is 2.16. The standard InChI is InChI=1S/C16H21N3O3/c20-15(14-4-2-10-22-14)18-13-5-8-19(9-6-13)16(21)12-3-1-7-17-11-12/h1,3,7,11,13-14H,2,4-6,8-10H2,(H,18,20). The first-order valence-electron chi connectivity index (χ1n) is 7.85. The average Bonchev–Trinajstić information content (AvgIpc) is 3.10. The maximum Gasteiger partial charge on any atom is 0.255 e. The van der Waals surface area contributed by atoms with Crippen molar-refractivity contribution < 1.29 is 14.3 Å². The molecular formula is C16H21N3O3. The molecule has 0 radical (unpaired) electrons. The van der Waals surface area contributed by atoms with Gasteiger partial charge in [-0.2, -0.15) is 0 Å². The number of carbonyl (C=O) groups is 2. The molecule has 0 saturated carbocycles. The van der Waals surface area contributed by atoms with Gasteiger partial charge in [0.2, 0.25) is 5.91 Å². The summed E-state index contributed by atoms with van der Waals surface area (Å²) in [7, 11) is 0. The van der Waals surface area contributed by atoms with E-state index in [0.717, 1.165) is 25.7 Å². The number of hydrogen-bond acceptors (Lipinski definition) is 4. The Bertz CT molecular complexity index is 521. The van der Waals surface area contributed by atoms with E-state index in [1.54, 1.807) is 24.5 Å². The largest absolute Gasteiger partial charge is 0.368 e. The van der Waals surface area contributed by atoms with Crippen LogP contribution in [0.3, 0.4) is 0 Å². The van der Waals surface area contributed by atoms with Gasteiger partial charge in [-0.15, -0.1) is 0 Å². The number of pyridine rings is 1. The van der Waals surface area contributed by atoms with E-state index < -0.39 is 0 Å². The van der Waals surface area contributed by atoms with Crippen LogP contribution in [0.1, 0.15) is 36.0 Å². The van der Waals surface area contributed by atoms with E-state index >= 15 is 0 Å². The van der Waals surface area contributed by atoms with Crippen molar-refractivity contribution in [3.63, 3.8) is 0 Å². The number of amides is 2. The molecule has 2 amide bonds. The highest BCUT2D eigenvalue weighted by atomic mass is 16.5. The molecule has 2 aliphatic heterocycles. The van der Waals surface area contributed by atoms with Crippen molar-refractivity contribution in [2.45, 2.75) is 37.8 Å². The smallest absolute Gasteiger partial charge is 0.255 e. The van der Waals surface area contributed by atoms with E-state index in [-0.39, 0.29) is 24.0 Å². The summed E-state index contributed by atoms with van der Waals surface area (Å²) in [6.07, 6.45) is 6.29. The van der Waals surface area contributed by atoms with Crippen LogP contribution in [0, 0.1) is 0 Å². The predicted octanol–water partition coefficient (Wildman–Crippen LogP) is 0.981.